The van der Waals surface area contributed by atoms with E-state index >= 15 is 0 Å². The van der Waals surface area contributed by atoms with Gasteiger partial charge in [0.15, 0.2) is 0 Å². The molecule has 1 aliphatic carbocycles. The summed E-state index contributed by atoms with van der Waals surface area (Å²) in [5.74, 6) is 0. The van der Waals surface area contributed by atoms with Crippen molar-refractivity contribution in [2.45, 2.75) is 13.3 Å². The number of allylic oxidation sites excluding steroid dienone is 2. The van der Waals surface area contributed by atoms with Gasteiger partial charge in [0, 0.05) is 0 Å². The average molecular weight is 180 g/mol. The van der Waals surface area contributed by atoms with Crippen molar-refractivity contribution in [3.05, 3.63) is 53.6 Å². The molecular formula is C14H12. The van der Waals surface area contributed by atoms with E-state index in [0.29, 0.717) is 0 Å². The summed E-state index contributed by atoms with van der Waals surface area (Å²) in [5, 5.41) is 2.77. The summed E-state index contributed by atoms with van der Waals surface area (Å²) in [6.07, 6.45) is 3.42. The van der Waals surface area contributed by atoms with E-state index in [1.807, 2.05) is 0 Å². The Kier molecular flexibility index (Phi) is 1.51. The molecule has 0 saturated heterocycles. The van der Waals surface area contributed by atoms with Crippen molar-refractivity contribution in [2.75, 3.05) is 0 Å². The van der Waals surface area contributed by atoms with Gasteiger partial charge in [-0.05, 0) is 40.8 Å². The molecule has 0 heteroatoms. The normalized spacial score (nSPS) is 14.2. The minimum atomic E-state index is 1.10. The third-order valence-corrected chi connectivity index (χ3v) is 3.08. The lowest BCUT2D eigenvalue weighted by atomic mass is 9.99. The zero-order valence-electron chi connectivity index (χ0n) is 8.25. The fraction of sp³-hybridized carbons (Fsp3) is 0.143. The van der Waals surface area contributed by atoms with Gasteiger partial charge in [-0.1, -0.05) is 42.5 Å². The zero-order chi connectivity index (χ0) is 9.54. The monoisotopic (exact) mass is 180 g/mol. The van der Waals surface area contributed by atoms with E-state index in [0.717, 1.165) is 6.42 Å². The van der Waals surface area contributed by atoms with Crippen LogP contribution in [0, 0.1) is 0 Å². The van der Waals surface area contributed by atoms with Crippen molar-refractivity contribution in [3.8, 4) is 0 Å². The lowest BCUT2D eigenvalue weighted by Crippen LogP contribution is -1.85. The molecule has 0 aliphatic heterocycles. The first kappa shape index (κ1) is 7.81. The number of benzene rings is 2. The van der Waals surface area contributed by atoms with E-state index in [4.69, 9.17) is 0 Å². The molecule has 3 rings (SSSR count). The maximum Gasteiger partial charge on any atom is -0.00793 e. The van der Waals surface area contributed by atoms with E-state index in [2.05, 4.69) is 49.4 Å². The minimum absolute atomic E-state index is 1.10. The second-order valence-corrected chi connectivity index (χ2v) is 3.90. The minimum Gasteiger partial charge on any atom is -0.0765 e. The highest BCUT2D eigenvalue weighted by molar-refractivity contribution is 5.92. The zero-order valence-corrected chi connectivity index (χ0v) is 8.25. The Labute approximate surface area is 83.9 Å². The smallest absolute Gasteiger partial charge is 0.00793 e. The molecule has 0 heterocycles. The van der Waals surface area contributed by atoms with Crippen LogP contribution in [0.25, 0.3) is 16.3 Å². The quantitative estimate of drug-likeness (QED) is 0.578. The van der Waals surface area contributed by atoms with E-state index in [1.165, 1.54) is 27.5 Å². The van der Waals surface area contributed by atoms with Gasteiger partial charge in [0.05, 0.1) is 0 Å². The first-order valence-corrected chi connectivity index (χ1v) is 5.04. The number of fused-ring (bicyclic) bond motifs is 3. The van der Waals surface area contributed by atoms with Gasteiger partial charge in [0.1, 0.15) is 0 Å². The van der Waals surface area contributed by atoms with Crippen molar-refractivity contribution >= 4 is 16.3 Å². The summed E-state index contributed by atoms with van der Waals surface area (Å²) in [6.45, 7) is 2.20. The molecule has 1 aliphatic rings. The maximum absolute atomic E-state index is 2.32. The van der Waals surface area contributed by atoms with Gasteiger partial charge < -0.3 is 0 Å². The molecule has 0 radical (unpaired) electrons. The SMILES string of the molecule is CC1=CCc2c1ccc1ccccc21. The van der Waals surface area contributed by atoms with Gasteiger partial charge >= 0.3 is 0 Å². The molecule has 0 bridgehead atoms. The van der Waals surface area contributed by atoms with Crippen LogP contribution in [-0.4, -0.2) is 0 Å². The first-order chi connectivity index (χ1) is 6.86. The second-order valence-electron chi connectivity index (χ2n) is 3.90. The van der Waals surface area contributed by atoms with Crippen LogP contribution in [0.1, 0.15) is 18.1 Å². The van der Waals surface area contributed by atoms with E-state index in [9.17, 15) is 0 Å². The average Bonchev–Trinajstić information content (AvgIpc) is 2.61. The predicted octanol–water partition coefficient (Wildman–Crippen LogP) is 3.80. The van der Waals surface area contributed by atoms with Crippen LogP contribution in [-0.2, 0) is 6.42 Å². The molecule has 2 aromatic rings. The Bertz CT molecular complexity index is 533. The van der Waals surface area contributed by atoms with Crippen LogP contribution >= 0.6 is 0 Å². The van der Waals surface area contributed by atoms with Crippen molar-refractivity contribution in [1.82, 2.24) is 0 Å². The molecule has 0 fully saturated rings. The highest BCUT2D eigenvalue weighted by atomic mass is 14.2. The first-order valence-electron chi connectivity index (χ1n) is 5.04. The Hall–Kier alpha value is -1.56. The van der Waals surface area contributed by atoms with Crippen LogP contribution in [0.3, 0.4) is 0 Å². The Morgan fingerprint density at radius 1 is 1.00 bits per heavy atom. The predicted molar refractivity (Wildman–Crippen MR) is 61.3 cm³/mol. The Morgan fingerprint density at radius 2 is 1.86 bits per heavy atom. The van der Waals surface area contributed by atoms with Gasteiger partial charge in [0.2, 0.25) is 0 Å². The van der Waals surface area contributed by atoms with Crippen molar-refractivity contribution in [1.29, 1.82) is 0 Å². The number of rotatable bonds is 0. The fourth-order valence-corrected chi connectivity index (χ4v) is 2.29. The molecule has 14 heavy (non-hydrogen) atoms. The Balaban J connectivity index is 2.41. The molecule has 68 valence electrons. The molecule has 0 atom stereocenters. The second kappa shape index (κ2) is 2.71. The highest BCUT2D eigenvalue weighted by Crippen LogP contribution is 2.32. The van der Waals surface area contributed by atoms with E-state index < -0.39 is 0 Å². The summed E-state index contributed by atoms with van der Waals surface area (Å²) < 4.78 is 0. The van der Waals surface area contributed by atoms with Gasteiger partial charge in [-0.2, -0.15) is 0 Å². The van der Waals surface area contributed by atoms with Crippen LogP contribution in [0.4, 0.5) is 0 Å². The fourth-order valence-electron chi connectivity index (χ4n) is 2.29. The summed E-state index contributed by atoms with van der Waals surface area (Å²) in [5.41, 5.74) is 4.36. The molecule has 0 aromatic heterocycles. The molecule has 0 amide bonds. The molecular weight excluding hydrogens is 168 g/mol. The third kappa shape index (κ3) is 0.941. The van der Waals surface area contributed by atoms with Crippen molar-refractivity contribution in [3.63, 3.8) is 0 Å². The third-order valence-electron chi connectivity index (χ3n) is 3.08. The summed E-state index contributed by atoms with van der Waals surface area (Å²) in [6, 6.07) is 13.1. The van der Waals surface area contributed by atoms with Crippen LogP contribution in [0.2, 0.25) is 0 Å². The number of hydrogen-bond donors (Lipinski definition) is 0. The Morgan fingerprint density at radius 3 is 2.79 bits per heavy atom. The van der Waals surface area contributed by atoms with E-state index in [-0.39, 0.29) is 0 Å². The van der Waals surface area contributed by atoms with Gasteiger partial charge in [0.25, 0.3) is 0 Å². The van der Waals surface area contributed by atoms with Crippen LogP contribution in [0.15, 0.2) is 42.5 Å². The molecule has 0 nitrogen and oxygen atoms in total. The van der Waals surface area contributed by atoms with E-state index in [1.54, 1.807) is 0 Å². The lowest BCUT2D eigenvalue weighted by Gasteiger charge is -2.05. The number of hydrogen-bond acceptors (Lipinski definition) is 0. The molecule has 0 N–H and O–H groups in total. The van der Waals surface area contributed by atoms with Gasteiger partial charge in [-0.25, -0.2) is 0 Å². The standard InChI is InChI=1S/C14H12/c1-10-6-8-14-12(10)9-7-11-4-2-3-5-13(11)14/h2-7,9H,8H2,1H3. The van der Waals surface area contributed by atoms with Gasteiger partial charge in [-0.3, -0.25) is 0 Å². The maximum atomic E-state index is 2.32. The molecule has 2 aromatic carbocycles. The molecule has 0 unspecified atom stereocenters. The van der Waals surface area contributed by atoms with Crippen molar-refractivity contribution < 1.29 is 0 Å². The lowest BCUT2D eigenvalue weighted by molar-refractivity contribution is 1.35. The molecule has 0 spiro atoms. The van der Waals surface area contributed by atoms with Crippen LogP contribution in [0.5, 0.6) is 0 Å². The largest absolute Gasteiger partial charge is 0.0765 e. The topological polar surface area (TPSA) is 0 Å². The summed E-state index contributed by atoms with van der Waals surface area (Å²) >= 11 is 0. The highest BCUT2D eigenvalue weighted by Gasteiger charge is 2.12. The van der Waals surface area contributed by atoms with Crippen LogP contribution < -0.4 is 0 Å². The summed E-state index contributed by atoms with van der Waals surface area (Å²) in [7, 11) is 0. The van der Waals surface area contributed by atoms with Gasteiger partial charge in [-0.15, -0.1) is 0 Å². The summed E-state index contributed by atoms with van der Waals surface area (Å²) in [4.78, 5) is 0. The molecule has 0 saturated carbocycles. The van der Waals surface area contributed by atoms with Crippen molar-refractivity contribution in [2.24, 2.45) is 0 Å².